The van der Waals surface area contributed by atoms with Gasteiger partial charge in [-0.1, -0.05) is 0 Å². The number of imidazole rings is 1. The number of carbonyl (C=O) groups excluding carboxylic acids is 1. The largest absolute Gasteiger partial charge is 0.379 e. The van der Waals surface area contributed by atoms with Crippen LogP contribution in [-0.2, 0) is 23.1 Å². The van der Waals surface area contributed by atoms with Crippen molar-refractivity contribution in [2.75, 3.05) is 39.4 Å². The minimum atomic E-state index is 0.0626. The van der Waals surface area contributed by atoms with E-state index in [1.807, 2.05) is 35.5 Å². The highest BCUT2D eigenvalue weighted by molar-refractivity contribution is 5.75. The molecule has 1 aliphatic rings. The van der Waals surface area contributed by atoms with E-state index in [-0.39, 0.29) is 5.91 Å². The van der Waals surface area contributed by atoms with Crippen LogP contribution in [0.4, 0.5) is 0 Å². The molecule has 0 radical (unpaired) electrons. The first-order valence-corrected chi connectivity index (χ1v) is 6.75. The highest BCUT2D eigenvalue weighted by Gasteiger charge is 2.14. The number of rotatable bonds is 5. The second-order valence-electron chi connectivity index (χ2n) is 4.89. The molecular weight excluding hydrogens is 244 g/mol. The van der Waals surface area contributed by atoms with Crippen LogP contribution in [0.2, 0.25) is 0 Å². The molecule has 2 rings (SSSR count). The lowest BCUT2D eigenvalue weighted by molar-refractivity contribution is -0.677. The lowest BCUT2D eigenvalue weighted by Gasteiger charge is -2.26. The Morgan fingerprint density at radius 3 is 2.84 bits per heavy atom. The van der Waals surface area contributed by atoms with Gasteiger partial charge in [-0.3, -0.25) is 9.69 Å². The van der Waals surface area contributed by atoms with E-state index in [1.165, 1.54) is 0 Å². The van der Waals surface area contributed by atoms with Crippen molar-refractivity contribution in [3.8, 4) is 0 Å². The number of aryl methyl sites for hydroxylation is 1. The Morgan fingerprint density at radius 1 is 1.47 bits per heavy atom. The van der Waals surface area contributed by atoms with Crippen LogP contribution in [0.1, 0.15) is 5.82 Å². The zero-order valence-electron chi connectivity index (χ0n) is 11.8. The van der Waals surface area contributed by atoms with E-state index in [2.05, 4.69) is 10.2 Å². The van der Waals surface area contributed by atoms with Crippen molar-refractivity contribution in [3.05, 3.63) is 18.2 Å². The van der Waals surface area contributed by atoms with Crippen molar-refractivity contribution in [2.45, 2.75) is 13.5 Å². The van der Waals surface area contributed by atoms with Gasteiger partial charge in [-0.2, -0.15) is 0 Å². The third-order valence-electron chi connectivity index (χ3n) is 3.56. The summed E-state index contributed by atoms with van der Waals surface area (Å²) in [5.74, 6) is 1.14. The fraction of sp³-hybridized carbons (Fsp3) is 0.692. The average molecular weight is 267 g/mol. The molecule has 0 aliphatic carbocycles. The van der Waals surface area contributed by atoms with Crippen LogP contribution in [0.5, 0.6) is 0 Å². The van der Waals surface area contributed by atoms with Gasteiger partial charge >= 0.3 is 0 Å². The van der Waals surface area contributed by atoms with Gasteiger partial charge in [0.1, 0.15) is 12.4 Å². The zero-order chi connectivity index (χ0) is 13.7. The summed E-state index contributed by atoms with van der Waals surface area (Å²) in [5.41, 5.74) is 0. The summed E-state index contributed by atoms with van der Waals surface area (Å²) in [7, 11) is 1.97. The molecule has 0 atom stereocenters. The van der Waals surface area contributed by atoms with Crippen LogP contribution < -0.4 is 9.88 Å². The summed E-state index contributed by atoms with van der Waals surface area (Å²) in [6, 6.07) is 0. The predicted molar refractivity (Wildman–Crippen MR) is 70.6 cm³/mol. The standard InChI is InChI=1S/C13H22N4O2/c1-12-15(2)5-6-17(12)11-13(18)14-3-4-16-7-9-19-10-8-16/h5-6H,3-4,7-11H2,1-2H3/p+1. The fourth-order valence-corrected chi connectivity index (χ4v) is 2.15. The molecule has 0 aromatic carbocycles. The SMILES string of the molecule is Cc1n(CC(=O)NCCN2CCOCC2)cc[n+]1C. The van der Waals surface area contributed by atoms with Gasteiger partial charge in [-0.05, 0) is 0 Å². The summed E-state index contributed by atoms with van der Waals surface area (Å²) in [6.07, 6.45) is 3.88. The molecule has 0 unspecified atom stereocenters. The van der Waals surface area contributed by atoms with Gasteiger partial charge in [0.25, 0.3) is 11.7 Å². The van der Waals surface area contributed by atoms with Gasteiger partial charge in [0.2, 0.25) is 0 Å². The number of ether oxygens (including phenoxy) is 1. The molecule has 1 aliphatic heterocycles. The first-order valence-electron chi connectivity index (χ1n) is 6.75. The van der Waals surface area contributed by atoms with Crippen LogP contribution in [0.25, 0.3) is 0 Å². The molecule has 2 heterocycles. The highest BCUT2D eigenvalue weighted by atomic mass is 16.5. The molecule has 6 heteroatoms. The van der Waals surface area contributed by atoms with E-state index in [0.717, 1.165) is 38.7 Å². The van der Waals surface area contributed by atoms with Gasteiger partial charge in [0.15, 0.2) is 6.54 Å². The summed E-state index contributed by atoms with van der Waals surface area (Å²) >= 11 is 0. The summed E-state index contributed by atoms with van der Waals surface area (Å²) in [4.78, 5) is 14.1. The van der Waals surface area contributed by atoms with E-state index >= 15 is 0 Å². The minimum absolute atomic E-state index is 0.0626. The number of nitrogens with one attached hydrogen (secondary N) is 1. The zero-order valence-corrected chi connectivity index (χ0v) is 11.8. The Labute approximate surface area is 114 Å². The molecule has 0 bridgehead atoms. The Hall–Kier alpha value is -1.40. The van der Waals surface area contributed by atoms with Gasteiger partial charge < -0.3 is 10.1 Å². The van der Waals surface area contributed by atoms with Crippen LogP contribution in [0.15, 0.2) is 12.4 Å². The van der Waals surface area contributed by atoms with E-state index in [1.54, 1.807) is 0 Å². The Bertz CT molecular complexity index is 424. The van der Waals surface area contributed by atoms with Crippen molar-refractivity contribution in [2.24, 2.45) is 7.05 Å². The average Bonchev–Trinajstić information content (AvgIpc) is 2.72. The van der Waals surface area contributed by atoms with Crippen molar-refractivity contribution in [1.82, 2.24) is 14.8 Å². The Balaban J connectivity index is 1.68. The van der Waals surface area contributed by atoms with Crippen LogP contribution in [0, 0.1) is 6.92 Å². The number of nitrogens with zero attached hydrogens (tertiary/aromatic N) is 3. The Kier molecular flexibility index (Phi) is 4.93. The molecule has 0 spiro atoms. The first kappa shape index (κ1) is 14.0. The lowest BCUT2D eigenvalue weighted by Crippen LogP contribution is -2.42. The molecule has 1 aromatic rings. The van der Waals surface area contributed by atoms with Crippen molar-refractivity contribution in [1.29, 1.82) is 0 Å². The Morgan fingerprint density at radius 2 is 2.21 bits per heavy atom. The third-order valence-corrected chi connectivity index (χ3v) is 3.56. The first-order chi connectivity index (χ1) is 9.16. The minimum Gasteiger partial charge on any atom is -0.379 e. The summed E-state index contributed by atoms with van der Waals surface area (Å²) in [5, 5.41) is 2.96. The van der Waals surface area contributed by atoms with Crippen LogP contribution in [-0.4, -0.2) is 54.8 Å². The number of hydrogen-bond acceptors (Lipinski definition) is 3. The summed E-state index contributed by atoms with van der Waals surface area (Å²) in [6.45, 7) is 7.50. The number of morpholine rings is 1. The van der Waals surface area contributed by atoms with Crippen molar-refractivity contribution < 1.29 is 14.1 Å². The molecule has 1 fully saturated rings. The number of hydrogen-bond donors (Lipinski definition) is 1. The topological polar surface area (TPSA) is 50.4 Å². The molecule has 1 aromatic heterocycles. The van der Waals surface area contributed by atoms with Crippen LogP contribution >= 0.6 is 0 Å². The smallest absolute Gasteiger partial charge is 0.262 e. The lowest BCUT2D eigenvalue weighted by atomic mass is 10.4. The number of amides is 1. The van der Waals surface area contributed by atoms with Crippen LogP contribution in [0.3, 0.4) is 0 Å². The molecule has 6 nitrogen and oxygen atoms in total. The van der Waals surface area contributed by atoms with Gasteiger partial charge in [0, 0.05) is 33.1 Å². The monoisotopic (exact) mass is 267 g/mol. The van der Waals surface area contributed by atoms with Gasteiger partial charge in [0.05, 0.1) is 20.3 Å². The third kappa shape index (κ3) is 4.04. The quantitative estimate of drug-likeness (QED) is 0.701. The maximum atomic E-state index is 11.8. The summed E-state index contributed by atoms with van der Waals surface area (Å²) < 4.78 is 9.24. The molecule has 1 saturated heterocycles. The van der Waals surface area contributed by atoms with Crippen molar-refractivity contribution in [3.63, 3.8) is 0 Å². The van der Waals surface area contributed by atoms with E-state index in [4.69, 9.17) is 4.74 Å². The van der Waals surface area contributed by atoms with Gasteiger partial charge in [-0.15, -0.1) is 0 Å². The second-order valence-corrected chi connectivity index (χ2v) is 4.89. The molecule has 1 amide bonds. The predicted octanol–water partition coefficient (Wildman–Crippen LogP) is -0.931. The number of carbonyl (C=O) groups is 1. The highest BCUT2D eigenvalue weighted by Crippen LogP contribution is 1.95. The molecule has 1 N–H and O–H groups in total. The van der Waals surface area contributed by atoms with E-state index < -0.39 is 0 Å². The molecule has 106 valence electrons. The maximum absolute atomic E-state index is 11.8. The van der Waals surface area contributed by atoms with Gasteiger partial charge in [-0.25, -0.2) is 9.13 Å². The fourth-order valence-electron chi connectivity index (χ4n) is 2.15. The maximum Gasteiger partial charge on any atom is 0.262 e. The molecule has 0 saturated carbocycles. The molecule has 19 heavy (non-hydrogen) atoms. The normalized spacial score (nSPS) is 16.5. The number of aromatic nitrogens is 2. The van der Waals surface area contributed by atoms with E-state index in [9.17, 15) is 4.79 Å². The second kappa shape index (κ2) is 6.68. The van der Waals surface area contributed by atoms with E-state index in [0.29, 0.717) is 13.1 Å². The molecular formula is C13H23N4O2+. The van der Waals surface area contributed by atoms with Crippen molar-refractivity contribution >= 4 is 5.91 Å².